The van der Waals surface area contributed by atoms with Gasteiger partial charge in [-0.05, 0) is 124 Å². The molecule has 24 nitrogen and oxygen atoms in total. The largest absolute Gasteiger partial charge is 0.490 e. The third kappa shape index (κ3) is 35.2. The van der Waals surface area contributed by atoms with Crippen LogP contribution in [0.4, 0.5) is 0 Å². The molecule has 0 aliphatic heterocycles. The summed E-state index contributed by atoms with van der Waals surface area (Å²) in [5, 5.41) is 9.30. The smallest absolute Gasteiger partial charge is 0.239 e. The summed E-state index contributed by atoms with van der Waals surface area (Å²) in [4.78, 5) is 70.8. The number of nitrogens with one attached hydrogen (secondary N) is 3. The molecule has 0 aliphatic rings. The van der Waals surface area contributed by atoms with Gasteiger partial charge >= 0.3 is 0 Å². The number of unbranched alkanes of at least 4 members (excludes halogenated alkanes) is 12. The maximum Gasteiger partial charge on any atom is 0.239 e. The SMILES string of the molecule is CCCCCCCCCCCCCCCC(=O)NCCc1ccc(OCCCC(=O)NCCOCCOc2c(-c3ccc(OCc4ccccc4)c(OCc4ccccc4)c3)oc3cc(OCc4ccccc4)cc(OCc4ccccc4)c3c2=O)c(OCCCC(=O)NCCOCCOc2c(-c3ccc(OCc4ccccc4)c(OCc4ccccc4)c3)oc3cc(OCc4ccccc4)cc(OCc4ccccc4)c3c2=O)c1. The van der Waals surface area contributed by atoms with Crippen LogP contribution in [0.2, 0.25) is 0 Å². The van der Waals surface area contributed by atoms with E-state index in [-0.39, 0.29) is 206 Å². The highest BCUT2D eigenvalue weighted by Crippen LogP contribution is 2.44. The molecule has 0 saturated heterocycles. The minimum Gasteiger partial charge on any atom is -0.490 e. The number of rotatable bonds is 67. The topological polar surface area (TPSA) is 277 Å². The average Bonchev–Trinajstić information content (AvgIpc) is 0.756. The van der Waals surface area contributed by atoms with Crippen molar-refractivity contribution in [1.82, 2.24) is 16.0 Å². The lowest BCUT2D eigenvalue weighted by atomic mass is 10.0. The van der Waals surface area contributed by atoms with Gasteiger partial charge in [-0.15, -0.1) is 0 Å². The second-order valence-electron chi connectivity index (χ2n) is 36.7. The van der Waals surface area contributed by atoms with Crippen molar-refractivity contribution in [3.8, 4) is 91.6 Å². The standard InChI is InChI=1S/C126H135N3O21/c1-2-3-4-5-6-7-8-9-10-11-12-13-38-57-116(130)127-67-66-93-60-63-106(137-70-39-58-117(131)128-68-72-135-74-76-139-125-121(133)119-112(147-91-100-53-34-20-35-54-100)81-104(141-85-94-41-22-14-23-42-94)83-114(119)149-123(125)102-61-64-107(143-87-96-45-26-16-27-46-96)110(79-102)145-89-98-49-30-18-31-50-98)109(78-93)138-71-40-59-118(132)129-69-73-136-75-77-140-126-122(134)120-113(148-92-101-55-36-21-37-56-101)82-105(142-86-95-43-24-15-25-44-95)84-115(120)150-124(126)103-62-65-108(144-88-97-47-28-17-29-48-97)111(80-103)146-90-99-51-32-19-33-52-99/h14-37,41-56,60-65,78-84H,2-13,38-40,57-59,66-77,85-92H2,1H3,(H,127,130)(H,128,131)(H,129,132). The van der Waals surface area contributed by atoms with Gasteiger partial charge in [0.2, 0.25) is 40.1 Å². The van der Waals surface area contributed by atoms with Gasteiger partial charge in [0.05, 0.1) is 39.6 Å². The van der Waals surface area contributed by atoms with Crippen LogP contribution in [-0.4, -0.2) is 90.2 Å². The number of ether oxygens (including phenoxy) is 14. The van der Waals surface area contributed by atoms with Crippen LogP contribution in [0.15, 0.2) is 340 Å². The van der Waals surface area contributed by atoms with E-state index in [9.17, 15) is 14.4 Å². The molecule has 0 unspecified atom stereocenters. The summed E-state index contributed by atoms with van der Waals surface area (Å²) < 4.78 is 103. The molecule has 0 fully saturated rings. The van der Waals surface area contributed by atoms with Crippen molar-refractivity contribution in [2.24, 2.45) is 0 Å². The molecule has 0 atom stereocenters. The lowest BCUT2D eigenvalue weighted by molar-refractivity contribution is -0.122. The van der Waals surface area contributed by atoms with E-state index in [1.54, 1.807) is 60.7 Å². The molecule has 0 aliphatic carbocycles. The molecule has 3 N–H and O–H groups in total. The number of amides is 3. The fraction of sp³-hybridized carbons (Fsp3) is 0.310. The number of fused-ring (bicyclic) bond motifs is 2. The van der Waals surface area contributed by atoms with Gasteiger partial charge in [0.25, 0.3) is 0 Å². The molecule has 13 aromatic carbocycles. The first-order chi connectivity index (χ1) is 73.9. The van der Waals surface area contributed by atoms with E-state index >= 15 is 9.59 Å². The Morgan fingerprint density at radius 3 is 0.893 bits per heavy atom. The predicted molar refractivity (Wildman–Crippen MR) is 584 cm³/mol. The van der Waals surface area contributed by atoms with Gasteiger partial charge in [-0.2, -0.15) is 0 Å². The van der Waals surface area contributed by atoms with E-state index in [0.717, 1.165) is 69.3 Å². The van der Waals surface area contributed by atoms with Crippen LogP contribution in [0, 0.1) is 0 Å². The highest BCUT2D eigenvalue weighted by molar-refractivity contribution is 5.90. The number of carbonyl (C=O) groups is 3. The second-order valence-corrected chi connectivity index (χ2v) is 36.7. The van der Waals surface area contributed by atoms with Crippen LogP contribution in [0.5, 0.6) is 69.0 Å². The van der Waals surface area contributed by atoms with Crippen LogP contribution >= 0.6 is 0 Å². The lowest BCUT2D eigenvalue weighted by Crippen LogP contribution is -2.28. The summed E-state index contributed by atoms with van der Waals surface area (Å²) in [7, 11) is 0. The molecular formula is C126H135N3O21. The van der Waals surface area contributed by atoms with Crippen LogP contribution in [0.3, 0.4) is 0 Å². The molecule has 780 valence electrons. The summed E-state index contributed by atoms with van der Waals surface area (Å²) >= 11 is 0. The Morgan fingerprint density at radius 2 is 0.533 bits per heavy atom. The van der Waals surface area contributed by atoms with Gasteiger partial charge in [-0.25, -0.2) is 0 Å². The predicted octanol–water partition coefficient (Wildman–Crippen LogP) is 25.7. The first-order valence-electron chi connectivity index (χ1n) is 52.5. The van der Waals surface area contributed by atoms with E-state index < -0.39 is 10.9 Å². The first-order valence-corrected chi connectivity index (χ1v) is 52.5. The molecule has 0 spiro atoms. The quantitative estimate of drug-likeness (QED) is 0.0299. The Hall–Kier alpha value is -15.8. The molecule has 0 saturated carbocycles. The van der Waals surface area contributed by atoms with Crippen molar-refractivity contribution < 1.29 is 89.5 Å². The van der Waals surface area contributed by atoms with Crippen LogP contribution in [0.25, 0.3) is 44.6 Å². The Kier molecular flexibility index (Phi) is 43.7. The lowest BCUT2D eigenvalue weighted by Gasteiger charge is -2.17. The molecule has 0 bridgehead atoms. The molecule has 2 aromatic heterocycles. The number of hydrogen-bond acceptors (Lipinski definition) is 21. The Bertz CT molecular complexity index is 6760. The van der Waals surface area contributed by atoms with Crippen LogP contribution in [-0.2, 0) is 83.1 Å². The normalized spacial score (nSPS) is 11.1. The zero-order valence-electron chi connectivity index (χ0n) is 85.5. The van der Waals surface area contributed by atoms with Crippen molar-refractivity contribution in [3.63, 3.8) is 0 Å². The molecule has 150 heavy (non-hydrogen) atoms. The first kappa shape index (κ1) is 108. The summed E-state index contributed by atoms with van der Waals surface area (Å²) in [6.45, 7) is 5.30. The molecule has 15 rings (SSSR count). The summed E-state index contributed by atoms with van der Waals surface area (Å²) in [5.41, 5.74) is 8.68. The zero-order valence-corrected chi connectivity index (χ0v) is 85.5. The van der Waals surface area contributed by atoms with Crippen molar-refractivity contribution in [1.29, 1.82) is 0 Å². The molecule has 0 radical (unpaired) electrons. The second kappa shape index (κ2) is 60.5. The third-order valence-corrected chi connectivity index (χ3v) is 25.1. The molecule has 3 amide bonds. The van der Waals surface area contributed by atoms with Gasteiger partial charge in [-0.1, -0.05) is 333 Å². The van der Waals surface area contributed by atoms with Crippen LogP contribution in [0.1, 0.15) is 173 Å². The average molecular weight is 2030 g/mol. The summed E-state index contributed by atoms with van der Waals surface area (Å²) in [6, 6.07) is 101. The fourth-order valence-electron chi connectivity index (χ4n) is 17.0. The maximum absolute atomic E-state index is 15.4. The minimum absolute atomic E-state index is 0.0262. The van der Waals surface area contributed by atoms with Gasteiger partial charge in [-0.3, -0.25) is 24.0 Å². The minimum atomic E-state index is -0.494. The van der Waals surface area contributed by atoms with Crippen molar-refractivity contribution in [2.45, 2.75) is 182 Å². The van der Waals surface area contributed by atoms with E-state index in [0.29, 0.717) is 89.4 Å². The van der Waals surface area contributed by atoms with E-state index in [2.05, 4.69) is 22.9 Å². The Labute approximate surface area is 877 Å². The Morgan fingerprint density at radius 1 is 0.240 bits per heavy atom. The Balaban J connectivity index is 0.557. The molecule has 15 aromatic rings. The van der Waals surface area contributed by atoms with Gasteiger partial charge < -0.3 is 91.1 Å². The van der Waals surface area contributed by atoms with E-state index in [1.807, 2.05) is 261 Å². The number of benzene rings is 13. The van der Waals surface area contributed by atoms with E-state index in [4.69, 9.17) is 75.2 Å². The van der Waals surface area contributed by atoms with Crippen molar-refractivity contribution in [2.75, 3.05) is 72.5 Å². The highest BCUT2D eigenvalue weighted by atomic mass is 16.6. The van der Waals surface area contributed by atoms with Crippen molar-refractivity contribution in [3.05, 3.63) is 392 Å². The van der Waals surface area contributed by atoms with Gasteiger partial charge in [0, 0.05) is 74.3 Å². The maximum atomic E-state index is 15.4. The molecular weight excluding hydrogens is 1890 g/mol. The zero-order chi connectivity index (χ0) is 103. The highest BCUT2D eigenvalue weighted by Gasteiger charge is 2.28. The summed E-state index contributed by atoms with van der Waals surface area (Å²) in [6.07, 6.45) is 18.0. The van der Waals surface area contributed by atoms with E-state index in [1.165, 1.54) is 64.2 Å². The number of carbonyl (C=O) groups excluding carboxylic acids is 3. The third-order valence-electron chi connectivity index (χ3n) is 25.1. The number of hydrogen-bond donors (Lipinski definition) is 3. The molecule has 2 heterocycles. The van der Waals surface area contributed by atoms with Crippen LogP contribution < -0.4 is 83.7 Å². The fourth-order valence-corrected chi connectivity index (χ4v) is 17.0. The monoisotopic (exact) mass is 2030 g/mol. The van der Waals surface area contributed by atoms with Gasteiger partial charge in [0.15, 0.2) is 46.0 Å². The van der Waals surface area contributed by atoms with Crippen molar-refractivity contribution >= 4 is 39.7 Å². The summed E-state index contributed by atoms with van der Waals surface area (Å²) in [5.74, 6) is 3.61. The van der Waals surface area contributed by atoms with Gasteiger partial charge in [0.1, 0.15) is 111 Å². The molecule has 24 heteroatoms.